The van der Waals surface area contributed by atoms with E-state index in [0.717, 1.165) is 10.0 Å². The molecule has 0 saturated heterocycles. The van der Waals surface area contributed by atoms with Gasteiger partial charge in [-0.25, -0.2) is 5.43 Å². The molecule has 0 spiro atoms. The molecule has 128 valence electrons. The number of anilines is 1. The average Bonchev–Trinajstić information content (AvgIpc) is 2.62. The molecule has 6 nitrogen and oxygen atoms in total. The van der Waals surface area contributed by atoms with Gasteiger partial charge in [0.1, 0.15) is 12.4 Å². The van der Waals surface area contributed by atoms with E-state index >= 15 is 0 Å². The number of nitrogens with zero attached hydrogens (tertiary/aromatic N) is 1. The van der Waals surface area contributed by atoms with Crippen LogP contribution in [-0.2, 0) is 9.59 Å². The Bertz CT molecular complexity index is 771. The normalized spacial score (nSPS) is 10.3. The lowest BCUT2D eigenvalue weighted by molar-refractivity contribution is -0.136. The first kappa shape index (κ1) is 18.4. The maximum atomic E-state index is 11.8. The molecule has 0 bridgehead atoms. The Balaban J connectivity index is 1.83. The summed E-state index contributed by atoms with van der Waals surface area (Å²) in [5.41, 5.74) is 3.44. The fourth-order valence-electron chi connectivity index (χ4n) is 1.74. The predicted octanol–water partition coefficient (Wildman–Crippen LogP) is 3.10. The van der Waals surface area contributed by atoms with Gasteiger partial charge in [-0.05, 0) is 54.1 Å². The van der Waals surface area contributed by atoms with Gasteiger partial charge < -0.3 is 10.1 Å². The first-order valence-electron chi connectivity index (χ1n) is 7.32. The molecule has 0 aliphatic carbocycles. The van der Waals surface area contributed by atoms with Gasteiger partial charge in [0, 0.05) is 10.2 Å². The molecule has 0 aliphatic heterocycles. The summed E-state index contributed by atoms with van der Waals surface area (Å²) >= 11 is 3.29. The second-order valence-electron chi connectivity index (χ2n) is 4.83. The highest BCUT2D eigenvalue weighted by Crippen LogP contribution is 2.14. The first-order chi connectivity index (χ1) is 12.1. The molecule has 0 unspecified atom stereocenters. The van der Waals surface area contributed by atoms with Crippen LogP contribution in [0.25, 0.3) is 0 Å². The van der Waals surface area contributed by atoms with Crippen LogP contribution >= 0.6 is 15.9 Å². The van der Waals surface area contributed by atoms with Crippen LogP contribution in [0.2, 0.25) is 0 Å². The highest BCUT2D eigenvalue weighted by Gasteiger charge is 2.12. The number of hydrazone groups is 1. The zero-order valence-corrected chi connectivity index (χ0v) is 14.8. The Morgan fingerprint density at radius 2 is 1.76 bits per heavy atom. The highest BCUT2D eigenvalue weighted by atomic mass is 79.9. The van der Waals surface area contributed by atoms with Crippen molar-refractivity contribution in [1.29, 1.82) is 0 Å². The third kappa shape index (κ3) is 6.23. The standard InChI is InChI=1S/C18H16BrN3O3/c1-2-11-25-16-9-3-13(4-10-16)12-20-22-18(24)17(23)21-15-7-5-14(19)6-8-15/h2-10,12H,1,11H2,(H,21,23)(H,22,24)/b20-12-. The summed E-state index contributed by atoms with van der Waals surface area (Å²) in [4.78, 5) is 23.5. The number of rotatable bonds is 6. The lowest BCUT2D eigenvalue weighted by Gasteiger charge is -2.04. The fourth-order valence-corrected chi connectivity index (χ4v) is 2.01. The van der Waals surface area contributed by atoms with Gasteiger partial charge in [-0.2, -0.15) is 5.10 Å². The van der Waals surface area contributed by atoms with E-state index in [-0.39, 0.29) is 0 Å². The Morgan fingerprint density at radius 1 is 1.08 bits per heavy atom. The Hall–Kier alpha value is -2.93. The predicted molar refractivity (Wildman–Crippen MR) is 101 cm³/mol. The minimum atomic E-state index is -0.856. The van der Waals surface area contributed by atoms with Gasteiger partial charge in [-0.3, -0.25) is 9.59 Å². The Morgan fingerprint density at radius 3 is 2.40 bits per heavy atom. The topological polar surface area (TPSA) is 79.8 Å². The van der Waals surface area contributed by atoms with Crippen molar-refractivity contribution >= 4 is 39.6 Å². The second kappa shape index (κ2) is 9.39. The number of amides is 2. The lowest BCUT2D eigenvalue weighted by atomic mass is 10.2. The van der Waals surface area contributed by atoms with E-state index in [9.17, 15) is 9.59 Å². The van der Waals surface area contributed by atoms with E-state index in [2.05, 4.69) is 38.4 Å². The summed E-state index contributed by atoms with van der Waals surface area (Å²) in [6, 6.07) is 14.0. The highest BCUT2D eigenvalue weighted by molar-refractivity contribution is 9.10. The number of ether oxygens (including phenoxy) is 1. The molecule has 0 aliphatic rings. The van der Waals surface area contributed by atoms with Gasteiger partial charge in [-0.1, -0.05) is 28.6 Å². The van der Waals surface area contributed by atoms with Gasteiger partial charge in [0.05, 0.1) is 6.21 Å². The summed E-state index contributed by atoms with van der Waals surface area (Å²) in [6.07, 6.45) is 3.09. The largest absolute Gasteiger partial charge is 0.490 e. The molecule has 0 atom stereocenters. The van der Waals surface area contributed by atoms with Crippen molar-refractivity contribution in [2.75, 3.05) is 11.9 Å². The van der Waals surface area contributed by atoms with Crippen molar-refractivity contribution in [3.8, 4) is 5.75 Å². The molecule has 2 rings (SSSR count). The maximum absolute atomic E-state index is 11.8. The minimum absolute atomic E-state index is 0.428. The number of carbonyl (C=O) groups excluding carboxylic acids is 2. The Labute approximate surface area is 153 Å². The van der Waals surface area contributed by atoms with Crippen molar-refractivity contribution in [3.63, 3.8) is 0 Å². The van der Waals surface area contributed by atoms with Crippen LogP contribution in [0, 0.1) is 0 Å². The van der Waals surface area contributed by atoms with Crippen LogP contribution in [0.4, 0.5) is 5.69 Å². The molecular formula is C18H16BrN3O3. The molecule has 0 fully saturated rings. The van der Waals surface area contributed by atoms with Crippen molar-refractivity contribution in [3.05, 3.63) is 71.2 Å². The summed E-state index contributed by atoms with van der Waals surface area (Å²) in [7, 11) is 0. The second-order valence-corrected chi connectivity index (χ2v) is 5.74. The number of hydrogen-bond donors (Lipinski definition) is 2. The lowest BCUT2D eigenvalue weighted by Crippen LogP contribution is -2.32. The number of hydrogen-bond acceptors (Lipinski definition) is 4. The zero-order chi connectivity index (χ0) is 18.1. The van der Waals surface area contributed by atoms with Gasteiger partial charge >= 0.3 is 11.8 Å². The van der Waals surface area contributed by atoms with E-state index < -0.39 is 11.8 Å². The molecule has 0 aromatic heterocycles. The molecule has 2 N–H and O–H groups in total. The summed E-state index contributed by atoms with van der Waals surface area (Å²) in [5, 5.41) is 6.23. The van der Waals surface area contributed by atoms with E-state index in [1.807, 2.05) is 0 Å². The third-order valence-corrected chi connectivity index (χ3v) is 3.46. The van der Waals surface area contributed by atoms with Crippen LogP contribution in [0.3, 0.4) is 0 Å². The molecule has 0 radical (unpaired) electrons. The minimum Gasteiger partial charge on any atom is -0.490 e. The van der Waals surface area contributed by atoms with E-state index in [0.29, 0.717) is 18.0 Å². The van der Waals surface area contributed by atoms with E-state index in [1.54, 1.807) is 54.6 Å². The summed E-state index contributed by atoms with van der Waals surface area (Å²) in [6.45, 7) is 4.00. The van der Waals surface area contributed by atoms with E-state index in [4.69, 9.17) is 4.74 Å². The third-order valence-electron chi connectivity index (χ3n) is 2.94. The molecular weight excluding hydrogens is 386 g/mol. The fraction of sp³-hybridized carbons (Fsp3) is 0.0556. The van der Waals surface area contributed by atoms with Gasteiger partial charge in [0.15, 0.2) is 0 Å². The van der Waals surface area contributed by atoms with Crippen LogP contribution < -0.4 is 15.5 Å². The molecule has 0 saturated carbocycles. The SMILES string of the molecule is C=CCOc1ccc(/C=N\NC(=O)C(=O)Nc2ccc(Br)cc2)cc1. The molecule has 2 aromatic carbocycles. The van der Waals surface area contributed by atoms with Crippen LogP contribution in [0.15, 0.2) is 70.8 Å². The first-order valence-corrected chi connectivity index (χ1v) is 8.11. The van der Waals surface area contributed by atoms with Crippen molar-refractivity contribution in [2.45, 2.75) is 0 Å². The molecule has 25 heavy (non-hydrogen) atoms. The number of halogens is 1. The molecule has 0 heterocycles. The molecule has 2 aromatic rings. The quantitative estimate of drug-likeness (QED) is 0.337. The Kier molecular flexibility index (Phi) is 6.91. The summed E-state index contributed by atoms with van der Waals surface area (Å²) < 4.78 is 6.24. The van der Waals surface area contributed by atoms with Crippen molar-refractivity contribution in [1.82, 2.24) is 5.43 Å². The number of nitrogens with one attached hydrogen (secondary N) is 2. The van der Waals surface area contributed by atoms with Crippen molar-refractivity contribution in [2.24, 2.45) is 5.10 Å². The van der Waals surface area contributed by atoms with E-state index in [1.165, 1.54) is 6.21 Å². The zero-order valence-electron chi connectivity index (χ0n) is 13.2. The number of benzene rings is 2. The summed E-state index contributed by atoms with van der Waals surface area (Å²) in [5.74, 6) is -0.951. The van der Waals surface area contributed by atoms with Crippen molar-refractivity contribution < 1.29 is 14.3 Å². The monoisotopic (exact) mass is 401 g/mol. The molecule has 2 amide bonds. The maximum Gasteiger partial charge on any atom is 0.329 e. The molecule has 7 heteroatoms. The average molecular weight is 402 g/mol. The number of carbonyl (C=O) groups is 2. The van der Waals surface area contributed by atoms with Crippen LogP contribution in [0.1, 0.15) is 5.56 Å². The van der Waals surface area contributed by atoms with Gasteiger partial charge in [-0.15, -0.1) is 0 Å². The smallest absolute Gasteiger partial charge is 0.329 e. The van der Waals surface area contributed by atoms with Crippen LogP contribution in [-0.4, -0.2) is 24.6 Å². The van der Waals surface area contributed by atoms with Gasteiger partial charge in [0.2, 0.25) is 0 Å². The van der Waals surface area contributed by atoms with Crippen LogP contribution in [0.5, 0.6) is 5.75 Å². The van der Waals surface area contributed by atoms with Gasteiger partial charge in [0.25, 0.3) is 0 Å².